The summed E-state index contributed by atoms with van der Waals surface area (Å²) in [4.78, 5) is 0. The van der Waals surface area contributed by atoms with Crippen LogP contribution in [0.5, 0.6) is 0 Å². The molecule has 0 aliphatic rings. The van der Waals surface area contributed by atoms with Gasteiger partial charge in [0.1, 0.15) is 0 Å². The molecular formula is C24H16Cl3PZr. The van der Waals surface area contributed by atoms with Crippen LogP contribution >= 0.6 is 19.5 Å². The SMILES string of the molecule is Clc1cc2c(P(c3ccccc3)[c-]3ccc4ccccc43)cccc2[cH-]1.[Cl-].[Cl-].[Zr+4]. The largest absolute Gasteiger partial charge is 4.00 e. The molecule has 0 aliphatic heterocycles. The first kappa shape index (κ1) is 24.3. The Kier molecular flexibility index (Phi) is 8.72. The third-order valence-electron chi connectivity index (χ3n) is 4.85. The van der Waals surface area contributed by atoms with Gasteiger partial charge in [-0.25, -0.2) is 0 Å². The fourth-order valence-electron chi connectivity index (χ4n) is 3.69. The molecular weight excluding hydrogens is 517 g/mol. The molecule has 1 atom stereocenters. The Hall–Kier alpha value is -0.937. The predicted molar refractivity (Wildman–Crippen MR) is 116 cm³/mol. The summed E-state index contributed by atoms with van der Waals surface area (Å²) in [6.45, 7) is 0. The van der Waals surface area contributed by atoms with Gasteiger partial charge in [-0.1, -0.05) is 61.0 Å². The van der Waals surface area contributed by atoms with E-state index in [1.165, 1.54) is 37.5 Å². The van der Waals surface area contributed by atoms with Crippen LogP contribution in [0.3, 0.4) is 0 Å². The van der Waals surface area contributed by atoms with Crippen molar-refractivity contribution >= 4 is 57.0 Å². The van der Waals surface area contributed by atoms with Crippen LogP contribution in [0.15, 0.2) is 97.1 Å². The molecule has 29 heavy (non-hydrogen) atoms. The second-order valence-corrected chi connectivity index (χ2v) is 9.02. The second-order valence-electron chi connectivity index (χ2n) is 6.43. The Bertz CT molecular complexity index is 1210. The molecule has 142 valence electrons. The van der Waals surface area contributed by atoms with E-state index in [1.54, 1.807) is 0 Å². The van der Waals surface area contributed by atoms with Gasteiger partial charge in [-0.3, -0.25) is 0 Å². The van der Waals surface area contributed by atoms with Gasteiger partial charge in [0.15, 0.2) is 0 Å². The maximum Gasteiger partial charge on any atom is 4.00 e. The summed E-state index contributed by atoms with van der Waals surface area (Å²) >= 11 is 6.33. The first-order valence-electron chi connectivity index (χ1n) is 8.66. The van der Waals surface area contributed by atoms with Crippen molar-refractivity contribution in [2.45, 2.75) is 0 Å². The van der Waals surface area contributed by atoms with Crippen LogP contribution in [-0.2, 0) is 26.2 Å². The van der Waals surface area contributed by atoms with E-state index in [4.69, 9.17) is 11.6 Å². The summed E-state index contributed by atoms with van der Waals surface area (Å²) in [5.74, 6) is 0. The Morgan fingerprint density at radius 3 is 2.31 bits per heavy atom. The molecule has 0 radical (unpaired) electrons. The molecule has 0 heterocycles. The average Bonchev–Trinajstić information content (AvgIpc) is 3.26. The fourth-order valence-corrected chi connectivity index (χ4v) is 6.54. The molecule has 0 spiro atoms. The zero-order valence-corrected chi connectivity index (χ0v) is 20.9. The first-order chi connectivity index (χ1) is 12.8. The maximum absolute atomic E-state index is 6.33. The maximum atomic E-state index is 6.33. The number of rotatable bonds is 3. The molecule has 0 aliphatic carbocycles. The second kappa shape index (κ2) is 10.4. The number of halogens is 3. The smallest absolute Gasteiger partial charge is 1.00 e. The molecule has 5 aromatic carbocycles. The fraction of sp³-hybridized carbons (Fsp3) is 0. The normalized spacial score (nSPS) is 11.3. The summed E-state index contributed by atoms with van der Waals surface area (Å²) in [6, 6.07) is 34.8. The minimum Gasteiger partial charge on any atom is -1.00 e. The van der Waals surface area contributed by atoms with Crippen molar-refractivity contribution < 1.29 is 51.0 Å². The van der Waals surface area contributed by atoms with Crippen molar-refractivity contribution in [3.8, 4) is 0 Å². The first-order valence-corrected chi connectivity index (χ1v) is 10.4. The third-order valence-corrected chi connectivity index (χ3v) is 7.62. The molecule has 0 saturated heterocycles. The van der Waals surface area contributed by atoms with Gasteiger partial charge in [0, 0.05) is 0 Å². The van der Waals surface area contributed by atoms with Gasteiger partial charge in [0.2, 0.25) is 0 Å². The van der Waals surface area contributed by atoms with Gasteiger partial charge >= 0.3 is 26.2 Å². The van der Waals surface area contributed by atoms with Crippen molar-refractivity contribution in [2.24, 2.45) is 0 Å². The summed E-state index contributed by atoms with van der Waals surface area (Å²) in [7, 11) is -0.654. The minimum absolute atomic E-state index is 0. The van der Waals surface area contributed by atoms with Gasteiger partial charge in [-0.2, -0.15) is 6.07 Å². The quantitative estimate of drug-likeness (QED) is 0.224. The summed E-state index contributed by atoms with van der Waals surface area (Å²) < 4.78 is 0. The van der Waals surface area contributed by atoms with Gasteiger partial charge in [-0.15, -0.1) is 81.7 Å². The molecule has 1 unspecified atom stereocenters. The zero-order chi connectivity index (χ0) is 17.5. The molecule has 0 bridgehead atoms. The number of fused-ring (bicyclic) bond motifs is 2. The van der Waals surface area contributed by atoms with Crippen LogP contribution in [-0.4, -0.2) is 0 Å². The van der Waals surface area contributed by atoms with E-state index < -0.39 is 7.92 Å². The predicted octanol–water partition coefficient (Wildman–Crippen LogP) is -0.152. The van der Waals surface area contributed by atoms with Crippen molar-refractivity contribution in [1.82, 2.24) is 0 Å². The van der Waals surface area contributed by atoms with Gasteiger partial charge in [0.25, 0.3) is 0 Å². The van der Waals surface area contributed by atoms with E-state index >= 15 is 0 Å². The van der Waals surface area contributed by atoms with Crippen molar-refractivity contribution in [1.29, 1.82) is 0 Å². The topological polar surface area (TPSA) is 0 Å². The molecule has 0 nitrogen and oxygen atoms in total. The molecule has 0 amide bonds. The Morgan fingerprint density at radius 1 is 0.793 bits per heavy atom. The van der Waals surface area contributed by atoms with Crippen LogP contribution in [0, 0.1) is 0 Å². The molecule has 5 rings (SSSR count). The van der Waals surface area contributed by atoms with E-state index in [-0.39, 0.29) is 51.0 Å². The Labute approximate surface area is 208 Å². The average molecular weight is 533 g/mol. The number of hydrogen-bond donors (Lipinski definition) is 0. The number of benzene rings is 3. The molecule has 0 aromatic heterocycles. The standard InChI is InChI=1S/C24H16ClP.2ClH.Zr/c25-19-15-18-8-6-12-23(22(18)16-19)26(20-9-2-1-3-10-20)24-14-13-17-7-4-5-11-21(17)24;;;/h1-16H;2*1H;/q-2;;;+4/p-2. The molecule has 0 N–H and O–H groups in total. The third kappa shape index (κ3) is 4.56. The molecule has 5 heteroatoms. The van der Waals surface area contributed by atoms with Crippen LogP contribution in [0.1, 0.15) is 0 Å². The summed E-state index contributed by atoms with van der Waals surface area (Å²) in [5, 5.41) is 10.1. The van der Waals surface area contributed by atoms with Crippen molar-refractivity contribution in [3.63, 3.8) is 0 Å². The Morgan fingerprint density at radius 2 is 1.52 bits per heavy atom. The van der Waals surface area contributed by atoms with E-state index in [2.05, 4.69) is 97.1 Å². The van der Waals surface area contributed by atoms with Crippen molar-refractivity contribution in [2.75, 3.05) is 0 Å². The number of hydrogen-bond acceptors (Lipinski definition) is 0. The van der Waals surface area contributed by atoms with E-state index in [0.29, 0.717) is 0 Å². The van der Waals surface area contributed by atoms with E-state index in [1.807, 2.05) is 0 Å². The zero-order valence-electron chi connectivity index (χ0n) is 15.3. The van der Waals surface area contributed by atoms with Gasteiger partial charge < -0.3 is 24.8 Å². The molecule has 0 saturated carbocycles. The van der Waals surface area contributed by atoms with Crippen LogP contribution < -0.4 is 40.7 Å². The van der Waals surface area contributed by atoms with E-state index in [0.717, 1.165) is 5.02 Å². The van der Waals surface area contributed by atoms with Crippen LogP contribution in [0.25, 0.3) is 21.5 Å². The van der Waals surface area contributed by atoms with Crippen molar-refractivity contribution in [3.05, 3.63) is 102 Å². The van der Waals surface area contributed by atoms with Gasteiger partial charge in [-0.05, 0) is 10.3 Å². The summed E-state index contributed by atoms with van der Waals surface area (Å²) in [5.41, 5.74) is 0. The van der Waals surface area contributed by atoms with Crippen LogP contribution in [0.2, 0.25) is 5.02 Å². The Balaban J connectivity index is 0.000001000. The van der Waals surface area contributed by atoms with E-state index in [9.17, 15) is 0 Å². The molecule has 5 aromatic rings. The van der Waals surface area contributed by atoms with Gasteiger partial charge in [0.05, 0.1) is 0 Å². The molecule has 0 fully saturated rings. The minimum atomic E-state index is -0.654. The monoisotopic (exact) mass is 530 g/mol. The van der Waals surface area contributed by atoms with Crippen LogP contribution in [0.4, 0.5) is 0 Å². The summed E-state index contributed by atoms with van der Waals surface area (Å²) in [6.07, 6.45) is 0.